The van der Waals surface area contributed by atoms with E-state index < -0.39 is 0 Å². The molecule has 1 heterocycles. The molecule has 0 saturated carbocycles. The summed E-state index contributed by atoms with van der Waals surface area (Å²) in [6, 6.07) is 21.0. The molecule has 0 N–H and O–H groups in total. The summed E-state index contributed by atoms with van der Waals surface area (Å²) in [5.74, 6) is 0. The molecule has 154 valence electrons. The number of unbranched alkanes of at least 4 members (excludes halogenated alkanes) is 6. The molecule has 2 nitrogen and oxygen atoms in total. The van der Waals surface area contributed by atoms with Crippen molar-refractivity contribution in [3.05, 3.63) is 72.4 Å². The lowest BCUT2D eigenvalue weighted by molar-refractivity contribution is 0.589. The van der Waals surface area contributed by atoms with Crippen LogP contribution < -0.4 is 0 Å². The van der Waals surface area contributed by atoms with E-state index in [0.29, 0.717) is 0 Å². The molecule has 0 spiro atoms. The highest BCUT2D eigenvalue weighted by Crippen LogP contribution is 2.25. The number of hydrogen-bond donors (Lipinski definition) is 0. The largest absolute Gasteiger partial charge is 0.256 e. The summed E-state index contributed by atoms with van der Waals surface area (Å²) < 4.78 is 0. The van der Waals surface area contributed by atoms with Crippen molar-refractivity contribution in [1.29, 1.82) is 0 Å². The Hall–Kier alpha value is -2.61. The molecule has 3 heteroatoms. The quantitative estimate of drug-likeness (QED) is 0.179. The fourth-order valence-corrected chi connectivity index (χ4v) is 3.75. The monoisotopic (exact) mass is 414 g/mol. The molecule has 2 aromatic carbocycles. The highest BCUT2D eigenvalue weighted by molar-refractivity contribution is 7.78. The van der Waals surface area contributed by atoms with E-state index in [0.717, 1.165) is 22.5 Å². The number of aryl methyl sites for hydroxylation is 1. The van der Waals surface area contributed by atoms with Crippen LogP contribution in [-0.2, 0) is 6.42 Å². The standard InChI is InChI=1S/C27H30N2S/c1-2-3-4-5-6-7-8-9-22-10-12-23(13-11-22)25-16-19-27(28-20-25)24-14-17-26(18-15-24)29-21-30/h10-20H,2-9H2,1H3. The maximum Gasteiger partial charge on any atom is 0.0740 e. The zero-order chi connectivity index (χ0) is 21.0. The van der Waals surface area contributed by atoms with E-state index >= 15 is 0 Å². The van der Waals surface area contributed by atoms with Gasteiger partial charge in [-0.25, -0.2) is 0 Å². The van der Waals surface area contributed by atoms with Gasteiger partial charge in [-0.3, -0.25) is 4.98 Å². The van der Waals surface area contributed by atoms with Crippen molar-refractivity contribution in [1.82, 2.24) is 4.98 Å². The number of aromatic nitrogens is 1. The van der Waals surface area contributed by atoms with Crippen LogP contribution in [-0.4, -0.2) is 10.1 Å². The van der Waals surface area contributed by atoms with Crippen LogP contribution in [0.5, 0.6) is 0 Å². The van der Waals surface area contributed by atoms with Crippen LogP contribution >= 0.6 is 12.2 Å². The molecule has 0 unspecified atom stereocenters. The predicted molar refractivity (Wildman–Crippen MR) is 131 cm³/mol. The Bertz CT molecular complexity index is 938. The summed E-state index contributed by atoms with van der Waals surface area (Å²) in [5.41, 5.74) is 6.60. The van der Waals surface area contributed by atoms with Gasteiger partial charge in [-0.2, -0.15) is 4.99 Å². The summed E-state index contributed by atoms with van der Waals surface area (Å²) in [6.45, 7) is 2.27. The minimum absolute atomic E-state index is 0.807. The Morgan fingerprint density at radius 2 is 1.37 bits per heavy atom. The number of pyridine rings is 1. The third kappa shape index (κ3) is 6.73. The lowest BCUT2D eigenvalue weighted by Crippen LogP contribution is -1.88. The first kappa shape index (κ1) is 22.1. The number of aliphatic imine (C=N–C) groups is 1. The fourth-order valence-electron chi connectivity index (χ4n) is 3.64. The minimum atomic E-state index is 0.807. The summed E-state index contributed by atoms with van der Waals surface area (Å²) in [7, 11) is 0. The average molecular weight is 415 g/mol. The SMILES string of the molecule is CCCCCCCCCc1ccc(-c2ccc(-c3ccc(N=C=S)cc3)nc2)cc1. The topological polar surface area (TPSA) is 25.2 Å². The van der Waals surface area contributed by atoms with Crippen LogP contribution in [0.4, 0.5) is 5.69 Å². The van der Waals surface area contributed by atoms with E-state index in [1.54, 1.807) is 0 Å². The van der Waals surface area contributed by atoms with Crippen LogP contribution in [0.1, 0.15) is 57.4 Å². The molecule has 30 heavy (non-hydrogen) atoms. The number of isothiocyanates is 1. The average Bonchev–Trinajstić information content (AvgIpc) is 2.80. The van der Waals surface area contributed by atoms with E-state index in [2.05, 4.69) is 70.7 Å². The van der Waals surface area contributed by atoms with Gasteiger partial charge in [0.25, 0.3) is 0 Å². The van der Waals surface area contributed by atoms with Crippen LogP contribution in [0, 0.1) is 0 Å². The first-order chi connectivity index (χ1) is 14.8. The Labute approximate surface area is 186 Å². The summed E-state index contributed by atoms with van der Waals surface area (Å²) in [4.78, 5) is 8.63. The third-order valence-electron chi connectivity index (χ3n) is 5.46. The number of nitrogens with zero attached hydrogens (tertiary/aromatic N) is 2. The molecule has 0 atom stereocenters. The van der Waals surface area contributed by atoms with Gasteiger partial charge in [-0.1, -0.05) is 87.9 Å². The van der Waals surface area contributed by atoms with Gasteiger partial charge in [-0.15, -0.1) is 0 Å². The zero-order valence-electron chi connectivity index (χ0n) is 17.8. The lowest BCUT2D eigenvalue weighted by Gasteiger charge is -2.06. The maximum atomic E-state index is 4.65. The van der Waals surface area contributed by atoms with Crippen LogP contribution in [0.2, 0.25) is 0 Å². The summed E-state index contributed by atoms with van der Waals surface area (Å²) in [6.07, 6.45) is 12.6. The molecule has 0 bridgehead atoms. The highest BCUT2D eigenvalue weighted by atomic mass is 32.1. The first-order valence-corrected chi connectivity index (χ1v) is 11.4. The second-order valence-corrected chi connectivity index (χ2v) is 7.93. The number of thiocarbonyl (C=S) groups is 1. The summed E-state index contributed by atoms with van der Waals surface area (Å²) in [5, 5.41) is 2.39. The Morgan fingerprint density at radius 3 is 2.00 bits per heavy atom. The number of rotatable bonds is 11. The third-order valence-corrected chi connectivity index (χ3v) is 5.55. The van der Waals surface area contributed by atoms with E-state index in [4.69, 9.17) is 0 Å². The lowest BCUT2D eigenvalue weighted by atomic mass is 10.0. The van der Waals surface area contributed by atoms with Crippen molar-refractivity contribution in [2.75, 3.05) is 0 Å². The Balaban J connectivity index is 1.53. The second kappa shape index (κ2) is 12.2. The molecular weight excluding hydrogens is 384 g/mol. The van der Waals surface area contributed by atoms with Gasteiger partial charge in [-0.05, 0) is 54.4 Å². The molecule has 0 aliphatic rings. The number of hydrogen-bond acceptors (Lipinski definition) is 3. The van der Waals surface area contributed by atoms with Crippen molar-refractivity contribution in [3.8, 4) is 22.4 Å². The molecule has 0 amide bonds. The molecular formula is C27H30N2S. The first-order valence-electron chi connectivity index (χ1n) is 11.0. The smallest absolute Gasteiger partial charge is 0.0740 e. The van der Waals surface area contributed by atoms with Crippen molar-refractivity contribution in [2.45, 2.75) is 58.3 Å². The van der Waals surface area contributed by atoms with Gasteiger partial charge >= 0.3 is 0 Å². The van der Waals surface area contributed by atoms with Gasteiger partial charge in [0.1, 0.15) is 0 Å². The maximum absolute atomic E-state index is 4.65. The fraction of sp³-hybridized carbons (Fsp3) is 0.333. The molecule has 0 fully saturated rings. The van der Waals surface area contributed by atoms with Crippen LogP contribution in [0.3, 0.4) is 0 Å². The van der Waals surface area contributed by atoms with Gasteiger partial charge in [0.15, 0.2) is 0 Å². The Kier molecular flexibility index (Phi) is 8.96. The highest BCUT2D eigenvalue weighted by Gasteiger charge is 2.03. The van der Waals surface area contributed by atoms with Crippen molar-refractivity contribution in [3.63, 3.8) is 0 Å². The van der Waals surface area contributed by atoms with E-state index in [1.807, 2.05) is 30.5 Å². The molecule has 3 aromatic rings. The number of benzene rings is 2. The van der Waals surface area contributed by atoms with Crippen LogP contribution in [0.25, 0.3) is 22.4 Å². The predicted octanol–water partition coefficient (Wildman–Crippen LogP) is 8.44. The van der Waals surface area contributed by atoms with Crippen molar-refractivity contribution >= 4 is 23.1 Å². The molecule has 3 rings (SSSR count). The summed E-state index contributed by atoms with van der Waals surface area (Å²) >= 11 is 4.64. The molecule has 1 aromatic heterocycles. The Morgan fingerprint density at radius 1 is 0.733 bits per heavy atom. The normalized spacial score (nSPS) is 10.6. The van der Waals surface area contributed by atoms with Gasteiger partial charge in [0.05, 0.1) is 16.5 Å². The molecule has 0 aliphatic heterocycles. The molecule has 0 aliphatic carbocycles. The van der Waals surface area contributed by atoms with Gasteiger partial charge < -0.3 is 0 Å². The van der Waals surface area contributed by atoms with E-state index in [-0.39, 0.29) is 0 Å². The van der Waals surface area contributed by atoms with Gasteiger partial charge in [0.2, 0.25) is 0 Å². The minimum Gasteiger partial charge on any atom is -0.256 e. The zero-order valence-corrected chi connectivity index (χ0v) is 18.6. The molecule has 0 saturated heterocycles. The van der Waals surface area contributed by atoms with Crippen molar-refractivity contribution in [2.24, 2.45) is 4.99 Å². The van der Waals surface area contributed by atoms with Crippen LogP contribution in [0.15, 0.2) is 71.9 Å². The van der Waals surface area contributed by atoms with E-state index in [9.17, 15) is 0 Å². The van der Waals surface area contributed by atoms with Crippen molar-refractivity contribution < 1.29 is 0 Å². The van der Waals surface area contributed by atoms with E-state index in [1.165, 1.54) is 62.5 Å². The molecule has 0 radical (unpaired) electrons. The van der Waals surface area contributed by atoms with Gasteiger partial charge in [0, 0.05) is 17.3 Å². The second-order valence-electron chi connectivity index (χ2n) is 7.75.